The van der Waals surface area contributed by atoms with Gasteiger partial charge in [0.2, 0.25) is 0 Å². The van der Waals surface area contributed by atoms with Crippen LogP contribution in [0.3, 0.4) is 0 Å². The van der Waals surface area contributed by atoms with E-state index in [0.29, 0.717) is 12.6 Å². The summed E-state index contributed by atoms with van der Waals surface area (Å²) in [5, 5.41) is 3.69. The Morgan fingerprint density at radius 2 is 2.26 bits per heavy atom. The molecule has 3 rings (SSSR count). The Morgan fingerprint density at radius 1 is 1.47 bits per heavy atom. The molecule has 1 aliphatic heterocycles. The number of nitrogens with one attached hydrogen (secondary N) is 1. The van der Waals surface area contributed by atoms with Crippen molar-refractivity contribution in [2.45, 2.75) is 43.8 Å². The highest BCUT2D eigenvalue weighted by Gasteiger charge is 2.46. The van der Waals surface area contributed by atoms with Gasteiger partial charge < -0.3 is 11.1 Å². The van der Waals surface area contributed by atoms with Gasteiger partial charge >= 0.3 is 0 Å². The third-order valence-electron chi connectivity index (χ3n) is 4.38. The van der Waals surface area contributed by atoms with E-state index < -0.39 is 0 Å². The molecule has 1 heterocycles. The van der Waals surface area contributed by atoms with Crippen LogP contribution in [-0.4, -0.2) is 35.6 Å². The number of nitrogens with two attached hydrogens (primary N) is 1. The zero-order chi connectivity index (χ0) is 13.5. The fraction of sp³-hybridized carbons (Fsp3) is 0.600. The summed E-state index contributed by atoms with van der Waals surface area (Å²) in [6, 6.07) is 9.80. The number of anilines is 1. The van der Waals surface area contributed by atoms with Gasteiger partial charge in [-0.15, -0.1) is 0 Å². The number of hydrogen-bond donors (Lipinski definition) is 2. The van der Waals surface area contributed by atoms with Crippen molar-refractivity contribution in [2.24, 2.45) is 5.73 Å². The lowest BCUT2D eigenvalue weighted by Crippen LogP contribution is -2.48. The summed E-state index contributed by atoms with van der Waals surface area (Å²) >= 11 is 3.53. The van der Waals surface area contributed by atoms with Crippen LogP contribution < -0.4 is 11.1 Å². The van der Waals surface area contributed by atoms with Gasteiger partial charge in [0, 0.05) is 35.3 Å². The van der Waals surface area contributed by atoms with Crippen molar-refractivity contribution < 1.29 is 0 Å². The molecular weight excluding hydrogens is 302 g/mol. The predicted octanol–water partition coefficient (Wildman–Crippen LogP) is 2.82. The van der Waals surface area contributed by atoms with Gasteiger partial charge in [-0.1, -0.05) is 22.0 Å². The van der Waals surface area contributed by atoms with E-state index in [1.165, 1.54) is 12.8 Å². The fourth-order valence-electron chi connectivity index (χ4n) is 3.31. The lowest BCUT2D eigenvalue weighted by Gasteiger charge is -2.30. The molecular formula is C15H22BrN3. The molecule has 1 aromatic carbocycles. The van der Waals surface area contributed by atoms with E-state index in [0.717, 1.165) is 29.2 Å². The molecule has 104 valence electrons. The number of likely N-dealkylation sites (tertiary alicyclic amines) is 1. The molecule has 4 heteroatoms. The van der Waals surface area contributed by atoms with Crippen LogP contribution in [0.5, 0.6) is 0 Å². The highest BCUT2D eigenvalue weighted by atomic mass is 79.9. The first kappa shape index (κ1) is 13.4. The molecule has 0 radical (unpaired) electrons. The van der Waals surface area contributed by atoms with E-state index in [9.17, 15) is 0 Å². The Morgan fingerprint density at radius 3 is 2.89 bits per heavy atom. The summed E-state index contributed by atoms with van der Waals surface area (Å²) in [5.41, 5.74) is 7.29. The van der Waals surface area contributed by atoms with Gasteiger partial charge in [-0.05, 0) is 44.4 Å². The van der Waals surface area contributed by atoms with Gasteiger partial charge in [0.1, 0.15) is 0 Å². The zero-order valence-electron chi connectivity index (χ0n) is 11.4. The van der Waals surface area contributed by atoms with Crippen LogP contribution in [-0.2, 0) is 0 Å². The summed E-state index contributed by atoms with van der Waals surface area (Å²) in [4.78, 5) is 2.64. The lowest BCUT2D eigenvalue weighted by molar-refractivity contribution is 0.252. The Labute approximate surface area is 123 Å². The second-order valence-electron chi connectivity index (χ2n) is 6.08. The molecule has 0 aromatic heterocycles. The van der Waals surface area contributed by atoms with Crippen LogP contribution in [0.1, 0.15) is 26.2 Å². The topological polar surface area (TPSA) is 41.3 Å². The normalized spacial score (nSPS) is 31.6. The fourth-order valence-corrected chi connectivity index (χ4v) is 3.71. The van der Waals surface area contributed by atoms with E-state index >= 15 is 0 Å². The second-order valence-corrected chi connectivity index (χ2v) is 6.99. The first-order valence-corrected chi connectivity index (χ1v) is 7.91. The van der Waals surface area contributed by atoms with E-state index in [2.05, 4.69) is 51.3 Å². The summed E-state index contributed by atoms with van der Waals surface area (Å²) < 4.78 is 1.11. The van der Waals surface area contributed by atoms with Gasteiger partial charge in [0.05, 0.1) is 5.54 Å². The molecule has 1 saturated carbocycles. The maximum absolute atomic E-state index is 6.10. The number of hydrogen-bond acceptors (Lipinski definition) is 3. The Kier molecular flexibility index (Phi) is 3.58. The summed E-state index contributed by atoms with van der Waals surface area (Å²) in [6.45, 7) is 4.09. The Bertz CT molecular complexity index is 460. The molecule has 2 atom stereocenters. The molecule has 2 aliphatic rings. The molecule has 3 nitrogen and oxygen atoms in total. The predicted molar refractivity (Wildman–Crippen MR) is 83.4 cm³/mol. The molecule has 0 spiro atoms. The molecule has 0 bridgehead atoms. The number of rotatable bonds is 4. The third kappa shape index (κ3) is 2.81. The smallest absolute Gasteiger partial charge is 0.0637 e. The number of benzene rings is 1. The van der Waals surface area contributed by atoms with Crippen LogP contribution in [0.25, 0.3) is 0 Å². The van der Waals surface area contributed by atoms with Crippen molar-refractivity contribution in [3.8, 4) is 0 Å². The molecule has 0 amide bonds. The molecule has 19 heavy (non-hydrogen) atoms. The zero-order valence-corrected chi connectivity index (χ0v) is 13.0. The van der Waals surface area contributed by atoms with E-state index in [4.69, 9.17) is 5.73 Å². The molecule has 3 N–H and O–H groups in total. The quantitative estimate of drug-likeness (QED) is 0.895. The van der Waals surface area contributed by atoms with Crippen molar-refractivity contribution in [3.63, 3.8) is 0 Å². The third-order valence-corrected chi connectivity index (χ3v) is 4.87. The minimum Gasteiger partial charge on any atom is -0.377 e. The van der Waals surface area contributed by atoms with Crippen LogP contribution >= 0.6 is 15.9 Å². The van der Waals surface area contributed by atoms with Crippen molar-refractivity contribution in [3.05, 3.63) is 28.7 Å². The van der Waals surface area contributed by atoms with Gasteiger partial charge in [-0.2, -0.15) is 0 Å². The summed E-state index contributed by atoms with van der Waals surface area (Å²) in [5.74, 6) is 0. The summed E-state index contributed by atoms with van der Waals surface area (Å²) in [6.07, 6.45) is 3.86. The number of halogens is 1. The van der Waals surface area contributed by atoms with Crippen LogP contribution in [0, 0.1) is 0 Å². The number of nitrogens with zero attached hydrogens (tertiary/aromatic N) is 1. The van der Waals surface area contributed by atoms with Crippen molar-refractivity contribution >= 4 is 21.6 Å². The highest BCUT2D eigenvalue weighted by Crippen LogP contribution is 2.38. The standard InChI is InChI=1S/C15H22BrN3/c1-11-8-15(9-17,10-19(11)14-5-6-14)18-13-4-2-3-12(16)7-13/h2-4,7,11,14,18H,5-6,8-10,17H2,1H3. The van der Waals surface area contributed by atoms with E-state index in [1.807, 2.05) is 6.07 Å². The average Bonchev–Trinajstić information content (AvgIpc) is 3.15. The molecule has 1 saturated heterocycles. The lowest BCUT2D eigenvalue weighted by atomic mass is 9.96. The largest absolute Gasteiger partial charge is 0.377 e. The SMILES string of the molecule is CC1CC(CN)(Nc2cccc(Br)c2)CN1C1CC1. The molecule has 1 aromatic rings. The van der Waals surface area contributed by atoms with E-state index in [-0.39, 0.29) is 5.54 Å². The first-order valence-electron chi connectivity index (χ1n) is 7.11. The summed E-state index contributed by atoms with van der Waals surface area (Å²) in [7, 11) is 0. The average molecular weight is 324 g/mol. The monoisotopic (exact) mass is 323 g/mol. The van der Waals surface area contributed by atoms with Crippen LogP contribution in [0.2, 0.25) is 0 Å². The van der Waals surface area contributed by atoms with Crippen LogP contribution in [0.4, 0.5) is 5.69 Å². The minimum absolute atomic E-state index is 0.0306. The maximum Gasteiger partial charge on any atom is 0.0637 e. The van der Waals surface area contributed by atoms with Crippen molar-refractivity contribution in [2.75, 3.05) is 18.4 Å². The maximum atomic E-state index is 6.10. The minimum atomic E-state index is 0.0306. The molecule has 2 unspecified atom stereocenters. The van der Waals surface area contributed by atoms with Gasteiger partial charge in [0.15, 0.2) is 0 Å². The first-order chi connectivity index (χ1) is 9.12. The van der Waals surface area contributed by atoms with Crippen molar-refractivity contribution in [1.29, 1.82) is 0 Å². The van der Waals surface area contributed by atoms with Crippen molar-refractivity contribution in [1.82, 2.24) is 4.90 Å². The Hall–Kier alpha value is -0.580. The van der Waals surface area contributed by atoms with Gasteiger partial charge in [-0.25, -0.2) is 0 Å². The van der Waals surface area contributed by atoms with Gasteiger partial charge in [0.25, 0.3) is 0 Å². The van der Waals surface area contributed by atoms with Crippen LogP contribution in [0.15, 0.2) is 28.7 Å². The van der Waals surface area contributed by atoms with Gasteiger partial charge in [-0.3, -0.25) is 4.90 Å². The highest BCUT2D eigenvalue weighted by molar-refractivity contribution is 9.10. The van der Waals surface area contributed by atoms with E-state index in [1.54, 1.807) is 0 Å². The second kappa shape index (κ2) is 5.08. The molecule has 1 aliphatic carbocycles. The molecule has 2 fully saturated rings. The Balaban J connectivity index is 1.76.